The number of hydrogen-bond acceptors (Lipinski definition) is 3. The first-order chi connectivity index (χ1) is 8.18. The summed E-state index contributed by atoms with van der Waals surface area (Å²) < 4.78 is 32.1. The van der Waals surface area contributed by atoms with E-state index in [1.54, 1.807) is 24.3 Å². The van der Waals surface area contributed by atoms with E-state index in [1.165, 1.54) is 18.3 Å². The minimum absolute atomic E-state index is 0.00469. The molecule has 0 aliphatic rings. The van der Waals surface area contributed by atoms with Crippen molar-refractivity contribution in [3.63, 3.8) is 0 Å². The molecule has 0 amide bonds. The number of benzene rings is 1. The van der Waals surface area contributed by atoms with Crippen LogP contribution in [0.1, 0.15) is 11.3 Å². The monoisotopic (exact) mass is 238 g/mol. The van der Waals surface area contributed by atoms with E-state index in [2.05, 4.69) is 10.5 Å². The molecule has 0 saturated heterocycles. The lowest BCUT2D eigenvalue weighted by atomic mass is 10.1. The van der Waals surface area contributed by atoms with E-state index < -0.39 is 12.5 Å². The normalized spacial score (nSPS) is 11.6. The summed E-state index contributed by atoms with van der Waals surface area (Å²) in [6.07, 6.45) is 1.48. The van der Waals surface area contributed by atoms with E-state index in [-0.39, 0.29) is 12.1 Å². The van der Waals surface area contributed by atoms with Gasteiger partial charge < -0.3 is 9.84 Å². The van der Waals surface area contributed by atoms with Gasteiger partial charge >= 0.3 is 0 Å². The van der Waals surface area contributed by atoms with E-state index in [4.69, 9.17) is 4.52 Å². The van der Waals surface area contributed by atoms with Gasteiger partial charge in [0.25, 0.3) is 5.92 Å². The summed E-state index contributed by atoms with van der Waals surface area (Å²) in [7, 11) is 0. The van der Waals surface area contributed by atoms with Gasteiger partial charge in [0.15, 0.2) is 0 Å². The molecule has 0 unspecified atom stereocenters. The van der Waals surface area contributed by atoms with Crippen molar-refractivity contribution in [2.75, 3.05) is 6.54 Å². The maximum Gasteiger partial charge on any atom is 0.285 e. The molecular formula is C12H12F2N2O. The quantitative estimate of drug-likeness (QED) is 0.869. The Balaban J connectivity index is 1.90. The Kier molecular flexibility index (Phi) is 3.49. The number of nitrogens with one attached hydrogen (secondary N) is 1. The number of nitrogens with zero attached hydrogens (tertiary/aromatic N) is 1. The van der Waals surface area contributed by atoms with Crippen molar-refractivity contribution < 1.29 is 13.3 Å². The van der Waals surface area contributed by atoms with E-state index in [1.807, 2.05) is 0 Å². The van der Waals surface area contributed by atoms with Crippen LogP contribution in [0.4, 0.5) is 8.78 Å². The zero-order valence-corrected chi connectivity index (χ0v) is 9.07. The van der Waals surface area contributed by atoms with Crippen molar-refractivity contribution >= 4 is 0 Å². The summed E-state index contributed by atoms with van der Waals surface area (Å²) in [4.78, 5) is 0. The van der Waals surface area contributed by atoms with Crippen LogP contribution in [0.15, 0.2) is 47.1 Å². The summed E-state index contributed by atoms with van der Waals surface area (Å²) in [5.74, 6) is -2.35. The predicted octanol–water partition coefficient (Wildman–Crippen LogP) is 2.56. The van der Waals surface area contributed by atoms with Gasteiger partial charge in [-0.3, -0.25) is 0 Å². The van der Waals surface area contributed by atoms with Crippen LogP contribution in [0.5, 0.6) is 0 Å². The van der Waals surface area contributed by atoms with E-state index >= 15 is 0 Å². The lowest BCUT2D eigenvalue weighted by Gasteiger charge is -2.16. The Morgan fingerprint density at radius 2 is 1.94 bits per heavy atom. The zero-order chi connectivity index (χ0) is 12.1. The Morgan fingerprint density at radius 1 is 1.18 bits per heavy atom. The number of alkyl halides is 2. The first-order valence-corrected chi connectivity index (χ1v) is 5.22. The standard InChI is InChI=1S/C12H12F2N2O/c13-12(14,10-4-2-1-3-5-10)9-15-8-11-6-7-16-17-11/h1-7,15H,8-9H2. The largest absolute Gasteiger partial charge is 0.360 e. The third-order valence-corrected chi connectivity index (χ3v) is 2.33. The molecule has 0 bridgehead atoms. The first-order valence-electron chi connectivity index (χ1n) is 5.22. The minimum Gasteiger partial charge on any atom is -0.360 e. The molecule has 1 aromatic carbocycles. The van der Waals surface area contributed by atoms with Crippen LogP contribution in [0, 0.1) is 0 Å². The van der Waals surface area contributed by atoms with E-state index in [0.717, 1.165) is 0 Å². The molecular weight excluding hydrogens is 226 g/mol. The molecule has 2 rings (SSSR count). The third kappa shape index (κ3) is 3.10. The highest BCUT2D eigenvalue weighted by molar-refractivity contribution is 5.20. The summed E-state index contributed by atoms with van der Waals surface area (Å²) in [6.45, 7) is -0.194. The molecule has 5 heteroatoms. The predicted molar refractivity (Wildman–Crippen MR) is 58.5 cm³/mol. The van der Waals surface area contributed by atoms with Gasteiger partial charge in [-0.05, 0) is 0 Å². The average molecular weight is 238 g/mol. The maximum atomic E-state index is 13.7. The highest BCUT2D eigenvalue weighted by Gasteiger charge is 2.30. The number of halogens is 2. The van der Waals surface area contributed by atoms with Crippen molar-refractivity contribution in [2.24, 2.45) is 0 Å². The second kappa shape index (κ2) is 5.05. The second-order valence-corrected chi connectivity index (χ2v) is 3.65. The molecule has 0 saturated carbocycles. The molecule has 0 atom stereocenters. The fourth-order valence-corrected chi connectivity index (χ4v) is 1.46. The topological polar surface area (TPSA) is 38.1 Å². The fraction of sp³-hybridized carbons (Fsp3) is 0.250. The van der Waals surface area contributed by atoms with Crippen molar-refractivity contribution in [1.82, 2.24) is 10.5 Å². The van der Waals surface area contributed by atoms with Gasteiger partial charge in [0.1, 0.15) is 5.76 Å². The minimum atomic E-state index is -2.89. The first kappa shape index (κ1) is 11.7. The molecule has 0 spiro atoms. The fourth-order valence-electron chi connectivity index (χ4n) is 1.46. The molecule has 2 aromatic rings. The lowest BCUT2D eigenvalue weighted by molar-refractivity contribution is -0.00385. The van der Waals surface area contributed by atoms with Crippen LogP contribution in [-0.2, 0) is 12.5 Å². The summed E-state index contributed by atoms with van der Waals surface area (Å²) in [5.41, 5.74) is 0.00469. The Labute approximate surface area is 97.4 Å². The zero-order valence-electron chi connectivity index (χ0n) is 9.07. The highest BCUT2D eigenvalue weighted by Crippen LogP contribution is 2.26. The van der Waals surface area contributed by atoms with E-state index in [0.29, 0.717) is 5.76 Å². The van der Waals surface area contributed by atoms with Crippen LogP contribution in [0.2, 0.25) is 0 Å². The van der Waals surface area contributed by atoms with Crippen molar-refractivity contribution in [1.29, 1.82) is 0 Å². The van der Waals surface area contributed by atoms with Gasteiger partial charge in [-0.1, -0.05) is 35.5 Å². The van der Waals surface area contributed by atoms with Gasteiger partial charge in [0.2, 0.25) is 0 Å². The molecule has 90 valence electrons. The molecule has 1 heterocycles. The van der Waals surface area contributed by atoms with Gasteiger partial charge in [0.05, 0.1) is 19.3 Å². The van der Waals surface area contributed by atoms with Crippen molar-refractivity contribution in [2.45, 2.75) is 12.5 Å². The smallest absolute Gasteiger partial charge is 0.285 e. The molecule has 3 nitrogen and oxygen atoms in total. The van der Waals surface area contributed by atoms with Crippen molar-refractivity contribution in [3.05, 3.63) is 53.9 Å². The summed E-state index contributed by atoms with van der Waals surface area (Å²) in [5, 5.41) is 6.14. The van der Waals surface area contributed by atoms with E-state index in [9.17, 15) is 8.78 Å². The molecule has 0 aliphatic carbocycles. The Hall–Kier alpha value is -1.75. The average Bonchev–Trinajstić information content (AvgIpc) is 2.83. The number of aromatic nitrogens is 1. The lowest BCUT2D eigenvalue weighted by Crippen LogP contribution is -2.30. The SMILES string of the molecule is FC(F)(CNCc1ccno1)c1ccccc1. The van der Waals surface area contributed by atoms with Gasteiger partial charge in [-0.15, -0.1) is 0 Å². The summed E-state index contributed by atoms with van der Waals surface area (Å²) in [6, 6.07) is 9.36. The van der Waals surface area contributed by atoms with Gasteiger partial charge in [-0.2, -0.15) is 8.78 Å². The molecule has 0 fully saturated rings. The van der Waals surface area contributed by atoms with Crippen LogP contribution in [0.3, 0.4) is 0 Å². The van der Waals surface area contributed by atoms with Crippen LogP contribution in [0.25, 0.3) is 0 Å². The summed E-state index contributed by atoms with van der Waals surface area (Å²) >= 11 is 0. The highest BCUT2D eigenvalue weighted by atomic mass is 19.3. The number of hydrogen-bond donors (Lipinski definition) is 1. The third-order valence-electron chi connectivity index (χ3n) is 2.33. The van der Waals surface area contributed by atoms with Crippen molar-refractivity contribution in [3.8, 4) is 0 Å². The molecule has 17 heavy (non-hydrogen) atoms. The molecule has 1 aromatic heterocycles. The molecule has 0 aliphatic heterocycles. The molecule has 1 N–H and O–H groups in total. The van der Waals surface area contributed by atoms with Crippen LogP contribution >= 0.6 is 0 Å². The maximum absolute atomic E-state index is 13.7. The van der Waals surface area contributed by atoms with Crippen LogP contribution in [-0.4, -0.2) is 11.7 Å². The van der Waals surface area contributed by atoms with Gasteiger partial charge in [0, 0.05) is 11.6 Å². The second-order valence-electron chi connectivity index (χ2n) is 3.65. The Morgan fingerprint density at radius 3 is 2.59 bits per heavy atom. The van der Waals surface area contributed by atoms with Crippen LogP contribution < -0.4 is 5.32 Å². The number of rotatable bonds is 5. The van der Waals surface area contributed by atoms with Gasteiger partial charge in [-0.25, -0.2) is 0 Å². The Bertz CT molecular complexity index is 443. The molecule has 0 radical (unpaired) electrons.